The minimum absolute atomic E-state index is 0.246. The molecule has 0 radical (unpaired) electrons. The number of hydrogen-bond acceptors (Lipinski definition) is 2. The fraction of sp³-hybridized carbons (Fsp3) is 0.682. The number of unbranched alkanes of at least 4 members (excludes halogenated alkanes) is 7. The lowest BCUT2D eigenvalue weighted by Gasteiger charge is -2.18. The van der Waals surface area contributed by atoms with Gasteiger partial charge in [0, 0.05) is 0 Å². The standard InChI is InChI=1S/C22H34F2O2/c1-4-6-8-9-10-11-12-14-18(13-7-5-2)26-22(25)20-19(23)16-15-17(3)21(20)24/h15-16,18H,4-14H2,1-3H3. The van der Waals surface area contributed by atoms with E-state index in [4.69, 9.17) is 4.74 Å². The number of esters is 1. The molecule has 1 aromatic rings. The van der Waals surface area contributed by atoms with Crippen LogP contribution in [0.1, 0.15) is 100 Å². The molecule has 148 valence electrons. The molecule has 0 aliphatic carbocycles. The van der Waals surface area contributed by atoms with Crippen molar-refractivity contribution < 1.29 is 18.3 Å². The maximum atomic E-state index is 14.1. The Kier molecular flexibility index (Phi) is 11.1. The molecule has 1 atom stereocenters. The van der Waals surface area contributed by atoms with Crippen molar-refractivity contribution in [1.29, 1.82) is 0 Å². The molecule has 0 spiro atoms. The number of carbonyl (C=O) groups is 1. The Morgan fingerprint density at radius 3 is 2.15 bits per heavy atom. The first-order valence-electron chi connectivity index (χ1n) is 10.2. The van der Waals surface area contributed by atoms with Crippen molar-refractivity contribution in [2.45, 2.75) is 97.5 Å². The Labute approximate surface area is 157 Å². The van der Waals surface area contributed by atoms with Crippen LogP contribution in [0.2, 0.25) is 0 Å². The second kappa shape index (κ2) is 12.8. The van der Waals surface area contributed by atoms with Crippen LogP contribution < -0.4 is 0 Å². The summed E-state index contributed by atoms with van der Waals surface area (Å²) in [5.41, 5.74) is -0.318. The van der Waals surface area contributed by atoms with Crippen LogP contribution in [0, 0.1) is 18.6 Å². The van der Waals surface area contributed by atoms with E-state index in [1.165, 1.54) is 45.1 Å². The SMILES string of the molecule is CCCCCCCCCC(CCCC)OC(=O)c1c(F)ccc(C)c1F. The molecule has 1 aromatic carbocycles. The van der Waals surface area contributed by atoms with Crippen LogP contribution >= 0.6 is 0 Å². The van der Waals surface area contributed by atoms with E-state index in [1.807, 2.05) is 0 Å². The highest BCUT2D eigenvalue weighted by molar-refractivity contribution is 5.90. The van der Waals surface area contributed by atoms with Gasteiger partial charge in [-0.3, -0.25) is 0 Å². The number of carbonyl (C=O) groups excluding carboxylic acids is 1. The molecular weight excluding hydrogens is 334 g/mol. The molecule has 0 heterocycles. The number of aryl methyl sites for hydroxylation is 1. The van der Waals surface area contributed by atoms with Gasteiger partial charge in [-0.1, -0.05) is 71.3 Å². The van der Waals surface area contributed by atoms with E-state index in [9.17, 15) is 13.6 Å². The summed E-state index contributed by atoms with van der Waals surface area (Å²) < 4.78 is 33.5. The van der Waals surface area contributed by atoms with Crippen molar-refractivity contribution in [3.63, 3.8) is 0 Å². The van der Waals surface area contributed by atoms with E-state index in [0.29, 0.717) is 0 Å². The minimum atomic E-state index is -0.882. The number of ether oxygens (including phenoxy) is 1. The van der Waals surface area contributed by atoms with E-state index in [2.05, 4.69) is 13.8 Å². The summed E-state index contributed by atoms with van der Waals surface area (Å²) in [6.45, 7) is 5.79. The summed E-state index contributed by atoms with van der Waals surface area (Å²) in [7, 11) is 0. The third kappa shape index (κ3) is 7.84. The van der Waals surface area contributed by atoms with Gasteiger partial charge in [0.05, 0.1) is 0 Å². The van der Waals surface area contributed by atoms with Crippen LogP contribution in [0.5, 0.6) is 0 Å². The van der Waals surface area contributed by atoms with Gasteiger partial charge in [-0.2, -0.15) is 0 Å². The Hall–Kier alpha value is -1.45. The van der Waals surface area contributed by atoms with Gasteiger partial charge >= 0.3 is 5.97 Å². The lowest BCUT2D eigenvalue weighted by Crippen LogP contribution is -2.20. The maximum Gasteiger partial charge on any atom is 0.344 e. The van der Waals surface area contributed by atoms with Crippen LogP contribution in [0.25, 0.3) is 0 Å². The lowest BCUT2D eigenvalue weighted by molar-refractivity contribution is 0.0239. The third-order valence-corrected chi connectivity index (χ3v) is 4.77. The van der Waals surface area contributed by atoms with Crippen LogP contribution in [-0.4, -0.2) is 12.1 Å². The summed E-state index contributed by atoms with van der Waals surface area (Å²) in [5, 5.41) is 0. The second-order valence-electron chi connectivity index (χ2n) is 7.13. The fourth-order valence-electron chi connectivity index (χ4n) is 3.08. The topological polar surface area (TPSA) is 26.3 Å². The van der Waals surface area contributed by atoms with Crippen molar-refractivity contribution in [2.75, 3.05) is 0 Å². The predicted molar refractivity (Wildman–Crippen MR) is 102 cm³/mol. The second-order valence-corrected chi connectivity index (χ2v) is 7.13. The first-order chi connectivity index (χ1) is 12.5. The van der Waals surface area contributed by atoms with Gasteiger partial charge < -0.3 is 4.74 Å². The number of hydrogen-bond donors (Lipinski definition) is 0. The van der Waals surface area contributed by atoms with E-state index >= 15 is 0 Å². The summed E-state index contributed by atoms with van der Waals surface area (Å²) in [4.78, 5) is 12.3. The monoisotopic (exact) mass is 368 g/mol. The predicted octanol–water partition coefficient (Wildman–Crippen LogP) is 7.13. The van der Waals surface area contributed by atoms with Gasteiger partial charge in [0.2, 0.25) is 0 Å². The van der Waals surface area contributed by atoms with E-state index < -0.39 is 23.2 Å². The maximum absolute atomic E-state index is 14.1. The van der Waals surface area contributed by atoms with Crippen molar-refractivity contribution in [3.05, 3.63) is 34.9 Å². The molecule has 0 saturated heterocycles. The molecule has 2 nitrogen and oxygen atoms in total. The fourth-order valence-corrected chi connectivity index (χ4v) is 3.08. The minimum Gasteiger partial charge on any atom is -0.459 e. The number of halogens is 2. The highest BCUT2D eigenvalue weighted by Gasteiger charge is 2.23. The van der Waals surface area contributed by atoms with Crippen LogP contribution in [0.3, 0.4) is 0 Å². The Bertz CT molecular complexity index is 543. The lowest BCUT2D eigenvalue weighted by atomic mass is 10.0. The molecule has 1 unspecified atom stereocenters. The van der Waals surface area contributed by atoms with Gasteiger partial charge in [0.25, 0.3) is 0 Å². The quantitative estimate of drug-likeness (QED) is 0.273. The van der Waals surface area contributed by atoms with E-state index in [-0.39, 0.29) is 11.7 Å². The molecule has 0 N–H and O–H groups in total. The summed E-state index contributed by atoms with van der Waals surface area (Å²) in [6, 6.07) is 2.45. The van der Waals surface area contributed by atoms with Crippen molar-refractivity contribution in [3.8, 4) is 0 Å². The zero-order valence-corrected chi connectivity index (χ0v) is 16.6. The normalized spacial score (nSPS) is 12.2. The highest BCUT2D eigenvalue weighted by Crippen LogP contribution is 2.21. The zero-order chi connectivity index (χ0) is 19.4. The van der Waals surface area contributed by atoms with Gasteiger partial charge in [-0.25, -0.2) is 13.6 Å². The van der Waals surface area contributed by atoms with Crippen LogP contribution in [0.4, 0.5) is 8.78 Å². The van der Waals surface area contributed by atoms with Crippen LogP contribution in [0.15, 0.2) is 12.1 Å². The smallest absolute Gasteiger partial charge is 0.344 e. The van der Waals surface area contributed by atoms with Crippen LogP contribution in [-0.2, 0) is 4.74 Å². The van der Waals surface area contributed by atoms with Crippen molar-refractivity contribution in [2.24, 2.45) is 0 Å². The molecule has 0 saturated carbocycles. The van der Waals surface area contributed by atoms with Crippen molar-refractivity contribution in [1.82, 2.24) is 0 Å². The third-order valence-electron chi connectivity index (χ3n) is 4.77. The van der Waals surface area contributed by atoms with Gasteiger partial charge in [-0.05, 0) is 37.8 Å². The number of benzene rings is 1. The average molecular weight is 369 g/mol. The summed E-state index contributed by atoms with van der Waals surface area (Å²) >= 11 is 0. The molecule has 4 heteroatoms. The molecule has 0 amide bonds. The number of rotatable bonds is 13. The Morgan fingerprint density at radius 2 is 1.50 bits per heavy atom. The average Bonchev–Trinajstić information content (AvgIpc) is 2.62. The van der Waals surface area contributed by atoms with Gasteiger partial charge in [0.1, 0.15) is 23.3 Å². The summed E-state index contributed by atoms with van der Waals surface area (Å²) in [5.74, 6) is -2.56. The van der Waals surface area contributed by atoms with E-state index in [0.717, 1.165) is 44.6 Å². The van der Waals surface area contributed by atoms with E-state index in [1.54, 1.807) is 0 Å². The Morgan fingerprint density at radius 1 is 0.923 bits per heavy atom. The molecule has 1 rings (SSSR count). The molecule has 0 aliphatic rings. The first-order valence-corrected chi connectivity index (χ1v) is 10.2. The van der Waals surface area contributed by atoms with Gasteiger partial charge in [0.15, 0.2) is 0 Å². The molecule has 26 heavy (non-hydrogen) atoms. The highest BCUT2D eigenvalue weighted by atomic mass is 19.1. The van der Waals surface area contributed by atoms with Crippen molar-refractivity contribution >= 4 is 5.97 Å². The molecule has 0 aliphatic heterocycles. The summed E-state index contributed by atoms with van der Waals surface area (Å²) in [6.07, 6.45) is 11.5. The zero-order valence-electron chi connectivity index (χ0n) is 16.6. The largest absolute Gasteiger partial charge is 0.459 e. The molecule has 0 aromatic heterocycles. The molecular formula is C22H34F2O2. The first kappa shape index (κ1) is 22.6. The molecule has 0 bridgehead atoms. The van der Waals surface area contributed by atoms with Gasteiger partial charge in [-0.15, -0.1) is 0 Å². The molecule has 0 fully saturated rings. The Balaban J connectivity index is 2.56.